The molecule has 1 N–H and O–H groups in total. The molecule has 0 amide bonds. The van der Waals surface area contributed by atoms with E-state index >= 15 is 0 Å². The maximum atomic E-state index is 10.7. The predicted molar refractivity (Wildman–Crippen MR) is 72.2 cm³/mol. The van der Waals surface area contributed by atoms with E-state index in [4.69, 9.17) is 5.11 Å². The van der Waals surface area contributed by atoms with Crippen molar-refractivity contribution < 1.29 is 9.90 Å². The lowest BCUT2D eigenvalue weighted by Crippen LogP contribution is -2.15. The van der Waals surface area contributed by atoms with Crippen LogP contribution in [0.5, 0.6) is 0 Å². The number of rotatable bonds is 11. The quantitative estimate of drug-likeness (QED) is 0.551. The zero-order chi connectivity index (χ0) is 12.2. The Morgan fingerprint density at radius 2 is 1.62 bits per heavy atom. The fraction of sp³-hybridized carbons (Fsp3) is 0.923. The molecular weight excluding hydrogens is 220 g/mol. The van der Waals surface area contributed by atoms with Gasteiger partial charge >= 0.3 is 5.97 Å². The zero-order valence-electron chi connectivity index (χ0n) is 10.7. The molecule has 0 aliphatic carbocycles. The summed E-state index contributed by atoms with van der Waals surface area (Å²) in [6.07, 6.45) is 9.82. The average Bonchev–Trinajstić information content (AvgIpc) is 2.26. The van der Waals surface area contributed by atoms with Crippen LogP contribution in [-0.4, -0.2) is 22.1 Å². The summed E-state index contributed by atoms with van der Waals surface area (Å²) in [5, 5.41) is 8.66. The van der Waals surface area contributed by atoms with Gasteiger partial charge in [0.15, 0.2) is 0 Å². The molecule has 0 saturated carbocycles. The number of aliphatic carboxylic acids is 1. The first-order chi connectivity index (χ1) is 7.72. The van der Waals surface area contributed by atoms with Crippen LogP contribution in [0, 0.1) is 0 Å². The fourth-order valence-electron chi connectivity index (χ4n) is 1.65. The van der Waals surface area contributed by atoms with Gasteiger partial charge in [0.1, 0.15) is 5.25 Å². The van der Waals surface area contributed by atoms with Gasteiger partial charge in [-0.05, 0) is 18.6 Å². The highest BCUT2D eigenvalue weighted by molar-refractivity contribution is 8.00. The van der Waals surface area contributed by atoms with Crippen molar-refractivity contribution in [1.29, 1.82) is 0 Å². The maximum Gasteiger partial charge on any atom is 0.316 e. The van der Waals surface area contributed by atoms with Gasteiger partial charge in [-0.1, -0.05) is 52.4 Å². The molecule has 96 valence electrons. The minimum Gasteiger partial charge on any atom is -0.480 e. The van der Waals surface area contributed by atoms with Gasteiger partial charge < -0.3 is 5.11 Å². The minimum atomic E-state index is -0.657. The van der Waals surface area contributed by atoms with Crippen molar-refractivity contribution in [3.63, 3.8) is 0 Å². The van der Waals surface area contributed by atoms with Gasteiger partial charge in [-0.3, -0.25) is 4.79 Å². The molecular formula is C13H26O2S. The third-order valence-corrected chi connectivity index (χ3v) is 4.17. The molecule has 0 radical (unpaired) electrons. The molecule has 0 bridgehead atoms. The van der Waals surface area contributed by atoms with Crippen molar-refractivity contribution in [2.45, 2.75) is 70.5 Å². The second-order valence-corrected chi connectivity index (χ2v) is 5.54. The van der Waals surface area contributed by atoms with Crippen molar-refractivity contribution in [2.75, 3.05) is 5.75 Å². The lowest BCUT2D eigenvalue weighted by atomic mass is 10.1. The van der Waals surface area contributed by atoms with Crippen molar-refractivity contribution in [3.8, 4) is 0 Å². The third kappa shape index (κ3) is 9.08. The molecule has 0 aliphatic rings. The minimum absolute atomic E-state index is 0.194. The second kappa shape index (κ2) is 11.3. The van der Waals surface area contributed by atoms with Crippen LogP contribution in [-0.2, 0) is 4.79 Å². The highest BCUT2D eigenvalue weighted by Gasteiger charge is 2.14. The Labute approximate surface area is 104 Å². The van der Waals surface area contributed by atoms with Gasteiger partial charge in [0, 0.05) is 0 Å². The molecule has 16 heavy (non-hydrogen) atoms. The molecule has 0 aromatic rings. The van der Waals surface area contributed by atoms with Gasteiger partial charge in [0.25, 0.3) is 0 Å². The topological polar surface area (TPSA) is 37.3 Å². The highest BCUT2D eigenvalue weighted by atomic mass is 32.2. The van der Waals surface area contributed by atoms with Crippen LogP contribution in [0.2, 0.25) is 0 Å². The predicted octanol–water partition coefficient (Wildman–Crippen LogP) is 4.33. The van der Waals surface area contributed by atoms with E-state index in [2.05, 4.69) is 6.92 Å². The first-order valence-corrected chi connectivity index (χ1v) is 7.61. The summed E-state index contributed by atoms with van der Waals surface area (Å²) < 4.78 is 0. The first kappa shape index (κ1) is 15.8. The normalized spacial score (nSPS) is 12.6. The average molecular weight is 246 g/mol. The van der Waals surface area contributed by atoms with Crippen LogP contribution in [0.25, 0.3) is 0 Å². The lowest BCUT2D eigenvalue weighted by Gasteiger charge is -2.08. The van der Waals surface area contributed by atoms with Crippen LogP contribution < -0.4 is 0 Å². The Kier molecular flexibility index (Phi) is 11.2. The van der Waals surface area contributed by atoms with E-state index < -0.39 is 5.97 Å². The van der Waals surface area contributed by atoms with Crippen LogP contribution in [0.4, 0.5) is 0 Å². The smallest absolute Gasteiger partial charge is 0.316 e. The summed E-state index contributed by atoms with van der Waals surface area (Å²) in [7, 11) is 0. The zero-order valence-corrected chi connectivity index (χ0v) is 11.5. The number of carboxylic acid groups (broad SMARTS) is 1. The van der Waals surface area contributed by atoms with Gasteiger partial charge in [-0.2, -0.15) is 0 Å². The molecule has 1 atom stereocenters. The summed E-state index contributed by atoms with van der Waals surface area (Å²) in [5.41, 5.74) is 0. The maximum absolute atomic E-state index is 10.7. The number of thioether (sulfide) groups is 1. The Bertz CT molecular complexity index is 171. The van der Waals surface area contributed by atoms with E-state index in [-0.39, 0.29) is 5.25 Å². The third-order valence-electron chi connectivity index (χ3n) is 2.71. The molecule has 0 rings (SSSR count). The molecule has 1 unspecified atom stereocenters. The second-order valence-electron chi connectivity index (χ2n) is 4.23. The van der Waals surface area contributed by atoms with E-state index in [1.807, 2.05) is 6.92 Å². The Morgan fingerprint density at radius 3 is 2.12 bits per heavy atom. The largest absolute Gasteiger partial charge is 0.480 e. The van der Waals surface area contributed by atoms with Crippen LogP contribution in [0.1, 0.15) is 65.2 Å². The number of hydrogen-bond acceptors (Lipinski definition) is 2. The van der Waals surface area contributed by atoms with Gasteiger partial charge in [-0.25, -0.2) is 0 Å². The van der Waals surface area contributed by atoms with E-state index in [0.717, 1.165) is 12.2 Å². The van der Waals surface area contributed by atoms with Gasteiger partial charge in [0.2, 0.25) is 0 Å². The summed E-state index contributed by atoms with van der Waals surface area (Å²) in [6, 6.07) is 0. The van der Waals surface area contributed by atoms with Gasteiger partial charge in [0.05, 0.1) is 0 Å². The van der Waals surface area contributed by atoms with Crippen LogP contribution >= 0.6 is 11.8 Å². The molecule has 0 saturated heterocycles. The lowest BCUT2D eigenvalue weighted by molar-refractivity contribution is -0.136. The Hall–Kier alpha value is -0.180. The van der Waals surface area contributed by atoms with Gasteiger partial charge in [-0.15, -0.1) is 11.8 Å². The summed E-state index contributed by atoms with van der Waals surface area (Å²) in [4.78, 5) is 10.7. The van der Waals surface area contributed by atoms with Crippen LogP contribution in [0.15, 0.2) is 0 Å². The van der Waals surface area contributed by atoms with Crippen molar-refractivity contribution in [3.05, 3.63) is 0 Å². The number of carbonyl (C=O) groups is 1. The molecule has 0 spiro atoms. The summed E-state index contributed by atoms with van der Waals surface area (Å²) in [5.74, 6) is 0.342. The fourth-order valence-corrected chi connectivity index (χ4v) is 2.68. The Balaban J connectivity index is 3.22. The van der Waals surface area contributed by atoms with E-state index in [9.17, 15) is 4.79 Å². The summed E-state index contributed by atoms with van der Waals surface area (Å²) >= 11 is 1.60. The number of unbranched alkanes of at least 4 members (excludes halogenated alkanes) is 6. The molecule has 0 aromatic carbocycles. The monoisotopic (exact) mass is 246 g/mol. The number of carboxylic acids is 1. The standard InChI is InChI=1S/C13H26O2S/c1-3-5-6-7-8-9-10-11-16-12(4-2)13(14)15/h12H,3-11H2,1-2H3,(H,14,15). The Morgan fingerprint density at radius 1 is 1.06 bits per heavy atom. The molecule has 2 nitrogen and oxygen atoms in total. The van der Waals surface area contributed by atoms with Crippen LogP contribution in [0.3, 0.4) is 0 Å². The molecule has 0 heterocycles. The first-order valence-electron chi connectivity index (χ1n) is 6.56. The summed E-state index contributed by atoms with van der Waals surface area (Å²) in [6.45, 7) is 4.17. The van der Waals surface area contributed by atoms with Crippen molar-refractivity contribution in [1.82, 2.24) is 0 Å². The SMILES string of the molecule is CCCCCCCCCSC(CC)C(=O)O. The van der Waals surface area contributed by atoms with Crippen molar-refractivity contribution >= 4 is 17.7 Å². The molecule has 0 fully saturated rings. The number of hydrogen-bond donors (Lipinski definition) is 1. The van der Waals surface area contributed by atoms with E-state index in [0.29, 0.717) is 0 Å². The molecule has 3 heteroatoms. The highest BCUT2D eigenvalue weighted by Crippen LogP contribution is 2.17. The molecule has 0 aromatic heterocycles. The van der Waals surface area contributed by atoms with E-state index in [1.54, 1.807) is 11.8 Å². The van der Waals surface area contributed by atoms with Crippen molar-refractivity contribution in [2.24, 2.45) is 0 Å². The molecule has 0 aliphatic heterocycles. The van der Waals surface area contributed by atoms with E-state index in [1.165, 1.54) is 44.9 Å².